The number of para-hydroxylation sites is 1. The van der Waals surface area contributed by atoms with Crippen LogP contribution in [-0.4, -0.2) is 96.5 Å². The number of carboxylic acid groups (broad SMARTS) is 1. The van der Waals surface area contributed by atoms with Gasteiger partial charge in [0.15, 0.2) is 0 Å². The predicted octanol–water partition coefficient (Wildman–Crippen LogP) is 1.48. The molecule has 12 nitrogen and oxygen atoms in total. The summed E-state index contributed by atoms with van der Waals surface area (Å²) < 4.78 is 15.8. The summed E-state index contributed by atoms with van der Waals surface area (Å²) in [6.07, 6.45) is -1.79. The van der Waals surface area contributed by atoms with Gasteiger partial charge in [-0.05, 0) is 25.5 Å². The van der Waals surface area contributed by atoms with Crippen LogP contribution in [0.25, 0.3) is 10.9 Å². The van der Waals surface area contributed by atoms with E-state index in [4.69, 9.17) is 14.2 Å². The molecule has 0 aliphatic carbocycles. The van der Waals surface area contributed by atoms with Crippen LogP contribution in [0, 0.1) is 0 Å². The molecule has 3 rings (SSSR count). The van der Waals surface area contributed by atoms with E-state index in [1.54, 1.807) is 19.1 Å². The molecule has 1 aromatic heterocycles. The van der Waals surface area contributed by atoms with Gasteiger partial charge in [0, 0.05) is 38.1 Å². The summed E-state index contributed by atoms with van der Waals surface area (Å²) in [5.74, 6) is -1.84. The van der Waals surface area contributed by atoms with Crippen LogP contribution in [-0.2, 0) is 19.1 Å². The topological polar surface area (TPSA) is 148 Å². The maximum absolute atomic E-state index is 13.4. The Morgan fingerprint density at radius 2 is 1.94 bits per heavy atom. The van der Waals surface area contributed by atoms with Gasteiger partial charge in [-0.25, -0.2) is 9.78 Å². The van der Waals surface area contributed by atoms with Crippen LogP contribution in [0.5, 0.6) is 5.75 Å². The predicted molar refractivity (Wildman–Crippen MR) is 128 cm³/mol. The fraction of sp³-hybridized carbons (Fsp3) is 0.458. The molecule has 1 aliphatic heterocycles. The van der Waals surface area contributed by atoms with Crippen molar-refractivity contribution in [2.75, 3.05) is 40.5 Å². The molecule has 0 bridgehead atoms. The molecule has 1 aliphatic rings. The van der Waals surface area contributed by atoms with Crippen molar-refractivity contribution in [3.63, 3.8) is 0 Å². The van der Waals surface area contributed by atoms with Crippen LogP contribution in [0.15, 0.2) is 30.3 Å². The Labute approximate surface area is 208 Å². The molecule has 2 N–H and O–H groups in total. The fourth-order valence-electron chi connectivity index (χ4n) is 3.97. The van der Waals surface area contributed by atoms with Gasteiger partial charge in [0.05, 0.1) is 25.8 Å². The molecule has 2 aromatic rings. The summed E-state index contributed by atoms with van der Waals surface area (Å²) in [6, 6.07) is 7.44. The molecule has 2 atom stereocenters. The van der Waals surface area contributed by atoms with Crippen LogP contribution in [0.4, 0.5) is 4.79 Å². The molecular weight excluding hydrogens is 472 g/mol. The third-order valence-electron chi connectivity index (χ3n) is 5.80. The first-order chi connectivity index (χ1) is 17.3. The van der Waals surface area contributed by atoms with Crippen LogP contribution in [0.2, 0.25) is 0 Å². The number of rotatable bonds is 9. The molecule has 2 heterocycles. The van der Waals surface area contributed by atoms with Crippen LogP contribution in [0.3, 0.4) is 0 Å². The second-order valence-electron chi connectivity index (χ2n) is 8.05. The van der Waals surface area contributed by atoms with E-state index in [0.717, 1.165) is 5.39 Å². The number of amides is 3. The van der Waals surface area contributed by atoms with E-state index in [-0.39, 0.29) is 44.8 Å². The highest BCUT2D eigenvalue weighted by Crippen LogP contribution is 2.25. The third-order valence-corrected chi connectivity index (χ3v) is 5.80. The first-order valence-corrected chi connectivity index (χ1v) is 11.5. The minimum Gasteiger partial charge on any atom is -0.496 e. The van der Waals surface area contributed by atoms with Gasteiger partial charge in [-0.3, -0.25) is 14.4 Å². The lowest BCUT2D eigenvalue weighted by molar-refractivity contribution is -0.152. The molecule has 0 radical (unpaired) electrons. The van der Waals surface area contributed by atoms with Crippen LogP contribution < -0.4 is 10.1 Å². The Hall–Kier alpha value is -3.93. The second-order valence-corrected chi connectivity index (χ2v) is 8.05. The van der Waals surface area contributed by atoms with Crippen LogP contribution in [0.1, 0.15) is 30.3 Å². The summed E-state index contributed by atoms with van der Waals surface area (Å²) in [6.45, 7) is 2.31. The smallest absolute Gasteiger partial charge is 0.409 e. The Morgan fingerprint density at radius 3 is 2.61 bits per heavy atom. The highest BCUT2D eigenvalue weighted by molar-refractivity contribution is 5.99. The minimum atomic E-state index is -1.15. The SMILES string of the molecule is CCOC(=O)N1CCN(C(=O)C(CCC(=O)O)NC(=O)c2cc(OC)c3ccccc3n2)C(OC)C1. The zero-order valence-electron chi connectivity index (χ0n) is 20.4. The van der Waals surface area contributed by atoms with Crippen molar-refractivity contribution in [3.8, 4) is 5.75 Å². The van der Waals surface area contributed by atoms with Crippen molar-refractivity contribution in [1.82, 2.24) is 20.1 Å². The number of carbonyl (C=O) groups is 4. The van der Waals surface area contributed by atoms with Gasteiger partial charge in [-0.15, -0.1) is 0 Å². The number of ether oxygens (including phenoxy) is 3. The van der Waals surface area contributed by atoms with E-state index in [1.165, 1.54) is 30.1 Å². The monoisotopic (exact) mass is 502 g/mol. The molecule has 2 unspecified atom stereocenters. The lowest BCUT2D eigenvalue weighted by atomic mass is 10.1. The number of carbonyl (C=O) groups excluding carboxylic acids is 3. The van der Waals surface area contributed by atoms with Crippen molar-refractivity contribution in [2.24, 2.45) is 0 Å². The van der Waals surface area contributed by atoms with E-state index in [9.17, 15) is 24.3 Å². The average Bonchev–Trinajstić information content (AvgIpc) is 2.89. The maximum Gasteiger partial charge on any atom is 0.409 e. The van der Waals surface area contributed by atoms with Gasteiger partial charge in [-0.2, -0.15) is 0 Å². The zero-order valence-corrected chi connectivity index (χ0v) is 20.4. The van der Waals surface area contributed by atoms with Crippen molar-refractivity contribution in [2.45, 2.75) is 32.0 Å². The van der Waals surface area contributed by atoms with E-state index in [2.05, 4.69) is 10.3 Å². The first kappa shape index (κ1) is 26.7. The van der Waals surface area contributed by atoms with E-state index >= 15 is 0 Å². The summed E-state index contributed by atoms with van der Waals surface area (Å²) >= 11 is 0. The third kappa shape index (κ3) is 6.19. The van der Waals surface area contributed by atoms with Crippen molar-refractivity contribution >= 4 is 34.8 Å². The number of carboxylic acids is 1. The number of pyridine rings is 1. The highest BCUT2D eigenvalue weighted by Gasteiger charge is 2.37. The lowest BCUT2D eigenvalue weighted by Gasteiger charge is -2.41. The normalized spacial score (nSPS) is 16.4. The summed E-state index contributed by atoms with van der Waals surface area (Å²) in [5.41, 5.74) is 0.555. The summed E-state index contributed by atoms with van der Waals surface area (Å²) in [4.78, 5) is 57.1. The van der Waals surface area contributed by atoms with E-state index in [0.29, 0.717) is 11.3 Å². The number of hydrogen-bond donors (Lipinski definition) is 2. The molecule has 3 amide bonds. The molecule has 1 aromatic carbocycles. The minimum absolute atomic E-state index is 0.0223. The van der Waals surface area contributed by atoms with E-state index < -0.39 is 36.1 Å². The Morgan fingerprint density at radius 1 is 1.19 bits per heavy atom. The van der Waals surface area contributed by atoms with Gasteiger partial charge in [0.2, 0.25) is 5.91 Å². The molecule has 1 saturated heterocycles. The number of nitrogens with one attached hydrogen (secondary N) is 1. The first-order valence-electron chi connectivity index (χ1n) is 11.5. The number of nitrogens with zero attached hydrogens (tertiary/aromatic N) is 3. The Balaban J connectivity index is 1.81. The van der Waals surface area contributed by atoms with Crippen LogP contribution >= 0.6 is 0 Å². The summed E-state index contributed by atoms with van der Waals surface area (Å²) in [7, 11) is 2.87. The Kier molecular flexibility index (Phi) is 9.01. The molecule has 0 spiro atoms. The molecular formula is C24H30N4O8. The number of benzene rings is 1. The maximum atomic E-state index is 13.4. The molecule has 36 heavy (non-hydrogen) atoms. The number of aliphatic carboxylic acids is 1. The number of aromatic nitrogens is 1. The fourth-order valence-corrected chi connectivity index (χ4v) is 3.97. The number of methoxy groups -OCH3 is 2. The van der Waals surface area contributed by atoms with Gasteiger partial charge in [0.25, 0.3) is 5.91 Å². The molecule has 12 heteroatoms. The summed E-state index contributed by atoms with van der Waals surface area (Å²) in [5, 5.41) is 12.5. The lowest BCUT2D eigenvalue weighted by Crippen LogP contribution is -2.61. The average molecular weight is 503 g/mol. The van der Waals surface area contributed by atoms with Gasteiger partial charge in [0.1, 0.15) is 23.7 Å². The van der Waals surface area contributed by atoms with E-state index in [1.807, 2.05) is 12.1 Å². The van der Waals surface area contributed by atoms with Gasteiger partial charge < -0.3 is 34.4 Å². The molecule has 1 fully saturated rings. The molecule has 194 valence electrons. The largest absolute Gasteiger partial charge is 0.496 e. The highest BCUT2D eigenvalue weighted by atomic mass is 16.6. The number of fused-ring (bicyclic) bond motifs is 1. The quantitative estimate of drug-likeness (QED) is 0.520. The zero-order chi connectivity index (χ0) is 26.2. The van der Waals surface area contributed by atoms with Crippen molar-refractivity contribution in [3.05, 3.63) is 36.0 Å². The standard InChI is InChI=1S/C24H30N4O8/c1-4-36-24(33)27-11-12-28(20(14-27)35-3)23(32)17(9-10-21(29)30)26-22(31)18-13-19(34-2)15-7-5-6-8-16(15)25-18/h5-8,13,17,20H,4,9-12,14H2,1-3H3,(H,26,31)(H,29,30). The van der Waals surface area contributed by atoms with Gasteiger partial charge >= 0.3 is 12.1 Å². The Bertz CT molecular complexity index is 1120. The number of piperazine rings is 1. The van der Waals surface area contributed by atoms with Crippen molar-refractivity contribution < 1.29 is 38.5 Å². The van der Waals surface area contributed by atoms with Crippen molar-refractivity contribution in [1.29, 1.82) is 0 Å². The number of hydrogen-bond acceptors (Lipinski definition) is 8. The van der Waals surface area contributed by atoms with Gasteiger partial charge in [-0.1, -0.05) is 12.1 Å². The molecule has 0 saturated carbocycles. The second kappa shape index (κ2) is 12.2.